The number of nitrogens with zero attached hydrogens (tertiary/aromatic N) is 2. The van der Waals surface area contributed by atoms with Crippen LogP contribution in [0.5, 0.6) is 5.88 Å². The Kier molecular flexibility index (Phi) is 3.92. The van der Waals surface area contributed by atoms with Crippen LogP contribution >= 0.6 is 0 Å². The van der Waals surface area contributed by atoms with Crippen molar-refractivity contribution in [2.24, 2.45) is 0 Å². The molecule has 1 aliphatic rings. The molecule has 1 atom stereocenters. The maximum absolute atomic E-state index is 12.6. The molecular weight excluding hydrogens is 316 g/mol. The number of ether oxygens (including phenoxy) is 1. The number of hydrogen-bond donors (Lipinski definition) is 0. The van der Waals surface area contributed by atoms with Gasteiger partial charge in [0, 0.05) is 24.4 Å². The number of hydrogen-bond acceptors (Lipinski definition) is 4. The van der Waals surface area contributed by atoms with E-state index in [1.807, 2.05) is 55.1 Å². The van der Waals surface area contributed by atoms with Crippen LogP contribution in [0.3, 0.4) is 0 Å². The van der Waals surface area contributed by atoms with Crippen molar-refractivity contribution in [2.75, 3.05) is 13.1 Å². The highest BCUT2D eigenvalue weighted by Gasteiger charge is 2.30. The Balaban J connectivity index is 1.45. The maximum Gasteiger partial charge on any atom is 0.257 e. The van der Waals surface area contributed by atoms with Gasteiger partial charge in [0.05, 0.1) is 17.6 Å². The van der Waals surface area contributed by atoms with Crippen LogP contribution in [0.25, 0.3) is 10.9 Å². The molecular formula is C20H20N2O3. The van der Waals surface area contributed by atoms with Gasteiger partial charge >= 0.3 is 0 Å². The van der Waals surface area contributed by atoms with Gasteiger partial charge in [0.1, 0.15) is 17.6 Å². The molecule has 0 radical (unpaired) electrons. The molecule has 1 amide bonds. The minimum absolute atomic E-state index is 0.00641. The van der Waals surface area contributed by atoms with E-state index in [2.05, 4.69) is 4.98 Å². The first kappa shape index (κ1) is 15.7. The first-order valence-corrected chi connectivity index (χ1v) is 8.49. The molecule has 3 heterocycles. The lowest BCUT2D eigenvalue weighted by Gasteiger charge is -2.16. The minimum atomic E-state index is -0.0362. The highest BCUT2D eigenvalue weighted by molar-refractivity contribution is 5.95. The molecule has 0 N–H and O–H groups in total. The zero-order valence-electron chi connectivity index (χ0n) is 14.4. The van der Waals surface area contributed by atoms with E-state index in [1.165, 1.54) is 0 Å². The Morgan fingerprint density at radius 1 is 1.24 bits per heavy atom. The number of benzene rings is 1. The first-order chi connectivity index (χ1) is 12.1. The molecule has 0 spiro atoms. The standard InChI is InChI=1S/C20H20N2O3/c1-13-11-17(14(2)24-13)20(23)22-10-9-16(12-22)25-19-8-7-15-5-3-4-6-18(15)21-19/h3-8,11,16H,9-10,12H2,1-2H3. The summed E-state index contributed by atoms with van der Waals surface area (Å²) in [4.78, 5) is 19.0. The van der Waals surface area contributed by atoms with Gasteiger partial charge in [0.2, 0.25) is 5.88 Å². The van der Waals surface area contributed by atoms with Crippen molar-refractivity contribution < 1.29 is 13.9 Å². The van der Waals surface area contributed by atoms with Gasteiger partial charge in [-0.25, -0.2) is 4.98 Å². The van der Waals surface area contributed by atoms with Crippen LogP contribution in [-0.4, -0.2) is 35.0 Å². The van der Waals surface area contributed by atoms with Crippen molar-refractivity contribution in [1.82, 2.24) is 9.88 Å². The van der Waals surface area contributed by atoms with Crippen molar-refractivity contribution >= 4 is 16.8 Å². The lowest BCUT2D eigenvalue weighted by molar-refractivity contribution is 0.0769. The van der Waals surface area contributed by atoms with Gasteiger partial charge in [0.15, 0.2) is 0 Å². The van der Waals surface area contributed by atoms with Gasteiger partial charge in [-0.15, -0.1) is 0 Å². The number of carbonyl (C=O) groups is 1. The summed E-state index contributed by atoms with van der Waals surface area (Å²) in [6.45, 7) is 4.92. The van der Waals surface area contributed by atoms with Crippen molar-refractivity contribution in [2.45, 2.75) is 26.4 Å². The van der Waals surface area contributed by atoms with Crippen LogP contribution in [0, 0.1) is 13.8 Å². The molecule has 5 nitrogen and oxygen atoms in total. The third kappa shape index (κ3) is 3.09. The average Bonchev–Trinajstić information content (AvgIpc) is 3.20. The molecule has 2 aromatic heterocycles. The fourth-order valence-electron chi connectivity index (χ4n) is 3.31. The van der Waals surface area contributed by atoms with E-state index >= 15 is 0 Å². The zero-order valence-corrected chi connectivity index (χ0v) is 14.4. The number of amides is 1. The normalized spacial score (nSPS) is 17.2. The molecule has 1 unspecified atom stereocenters. The second-order valence-corrected chi connectivity index (χ2v) is 6.45. The zero-order chi connectivity index (χ0) is 17.4. The number of likely N-dealkylation sites (tertiary alicyclic amines) is 1. The van der Waals surface area contributed by atoms with Gasteiger partial charge in [-0.05, 0) is 32.0 Å². The molecule has 1 aromatic carbocycles. The second kappa shape index (κ2) is 6.24. The van der Waals surface area contributed by atoms with Crippen LogP contribution in [0.2, 0.25) is 0 Å². The lowest BCUT2D eigenvalue weighted by Crippen LogP contribution is -2.31. The molecule has 128 valence electrons. The number of carbonyl (C=O) groups excluding carboxylic acids is 1. The Hall–Kier alpha value is -2.82. The molecule has 25 heavy (non-hydrogen) atoms. The molecule has 1 saturated heterocycles. The van der Waals surface area contributed by atoms with Crippen molar-refractivity contribution in [3.05, 3.63) is 59.5 Å². The fraction of sp³-hybridized carbons (Fsp3) is 0.300. The molecule has 0 bridgehead atoms. The average molecular weight is 336 g/mol. The summed E-state index contributed by atoms with van der Waals surface area (Å²) >= 11 is 0. The summed E-state index contributed by atoms with van der Waals surface area (Å²) in [5.41, 5.74) is 1.55. The highest BCUT2D eigenvalue weighted by atomic mass is 16.5. The molecule has 5 heteroatoms. The summed E-state index contributed by atoms with van der Waals surface area (Å²) in [7, 11) is 0. The SMILES string of the molecule is Cc1cc(C(=O)N2CCC(Oc3ccc4ccccc4n3)C2)c(C)o1. The number of furan rings is 1. The van der Waals surface area contributed by atoms with Crippen molar-refractivity contribution in [1.29, 1.82) is 0 Å². The van der Waals surface area contributed by atoms with Gasteiger partial charge in [0.25, 0.3) is 5.91 Å². The van der Waals surface area contributed by atoms with E-state index in [0.717, 1.165) is 23.1 Å². The monoisotopic (exact) mass is 336 g/mol. The summed E-state index contributed by atoms with van der Waals surface area (Å²) < 4.78 is 11.5. The van der Waals surface area contributed by atoms with E-state index in [4.69, 9.17) is 9.15 Å². The summed E-state index contributed by atoms with van der Waals surface area (Å²) in [6.07, 6.45) is 0.766. The summed E-state index contributed by atoms with van der Waals surface area (Å²) in [5.74, 6) is 2.04. The molecule has 0 saturated carbocycles. The second-order valence-electron chi connectivity index (χ2n) is 6.45. The van der Waals surface area contributed by atoms with Crippen LogP contribution in [0.4, 0.5) is 0 Å². The van der Waals surface area contributed by atoms with Crippen LogP contribution < -0.4 is 4.74 Å². The van der Waals surface area contributed by atoms with E-state index in [9.17, 15) is 4.79 Å². The molecule has 4 rings (SSSR count). The van der Waals surface area contributed by atoms with Crippen molar-refractivity contribution in [3.8, 4) is 5.88 Å². The molecule has 3 aromatic rings. The largest absolute Gasteiger partial charge is 0.472 e. The summed E-state index contributed by atoms with van der Waals surface area (Å²) in [5, 5.41) is 1.09. The predicted octanol–water partition coefficient (Wildman–Crippen LogP) is 3.74. The quantitative estimate of drug-likeness (QED) is 0.731. The number of para-hydroxylation sites is 1. The third-order valence-electron chi connectivity index (χ3n) is 4.56. The van der Waals surface area contributed by atoms with Gasteiger partial charge in [-0.2, -0.15) is 0 Å². The molecule has 1 aliphatic heterocycles. The van der Waals surface area contributed by atoms with Crippen LogP contribution in [0.15, 0.2) is 46.9 Å². The van der Waals surface area contributed by atoms with E-state index in [1.54, 1.807) is 6.07 Å². The Morgan fingerprint density at radius 3 is 2.88 bits per heavy atom. The number of rotatable bonds is 3. The van der Waals surface area contributed by atoms with E-state index in [0.29, 0.717) is 30.3 Å². The van der Waals surface area contributed by atoms with Crippen molar-refractivity contribution in [3.63, 3.8) is 0 Å². The fourth-order valence-corrected chi connectivity index (χ4v) is 3.31. The maximum atomic E-state index is 12.6. The topological polar surface area (TPSA) is 55.6 Å². The summed E-state index contributed by atoms with van der Waals surface area (Å²) in [6, 6.07) is 13.6. The number of fused-ring (bicyclic) bond motifs is 1. The Bertz CT molecular complexity index is 932. The van der Waals surface area contributed by atoms with Crippen LogP contribution in [-0.2, 0) is 0 Å². The van der Waals surface area contributed by atoms with E-state index < -0.39 is 0 Å². The Morgan fingerprint density at radius 2 is 2.08 bits per heavy atom. The van der Waals surface area contributed by atoms with Gasteiger partial charge in [-0.1, -0.05) is 18.2 Å². The lowest BCUT2D eigenvalue weighted by atomic mass is 10.2. The molecule has 0 aliphatic carbocycles. The van der Waals surface area contributed by atoms with Crippen LogP contribution in [0.1, 0.15) is 28.3 Å². The smallest absolute Gasteiger partial charge is 0.257 e. The number of aromatic nitrogens is 1. The minimum Gasteiger partial charge on any atom is -0.472 e. The predicted molar refractivity (Wildman–Crippen MR) is 94.9 cm³/mol. The highest BCUT2D eigenvalue weighted by Crippen LogP contribution is 2.23. The number of pyridine rings is 1. The third-order valence-corrected chi connectivity index (χ3v) is 4.56. The van der Waals surface area contributed by atoms with Gasteiger partial charge < -0.3 is 14.1 Å². The van der Waals surface area contributed by atoms with Gasteiger partial charge in [-0.3, -0.25) is 4.79 Å². The number of aryl methyl sites for hydroxylation is 2. The Labute approximate surface area is 146 Å². The first-order valence-electron chi connectivity index (χ1n) is 8.49. The molecule has 1 fully saturated rings. The van der Waals surface area contributed by atoms with E-state index in [-0.39, 0.29) is 12.0 Å².